The summed E-state index contributed by atoms with van der Waals surface area (Å²) in [6.07, 6.45) is 5.40. The van der Waals surface area contributed by atoms with Crippen LogP contribution in [0.3, 0.4) is 0 Å². The first kappa shape index (κ1) is 21.8. The predicted molar refractivity (Wildman–Crippen MR) is 119 cm³/mol. The van der Waals surface area contributed by atoms with Crippen molar-refractivity contribution in [2.75, 3.05) is 13.1 Å². The van der Waals surface area contributed by atoms with Crippen LogP contribution in [0, 0.1) is 12.8 Å². The van der Waals surface area contributed by atoms with E-state index in [1.165, 1.54) is 16.2 Å². The second-order valence-corrected chi connectivity index (χ2v) is 8.49. The average molecular weight is 426 g/mol. The molecular formula is C23H27N3O3S. The number of thiophene rings is 1. The fraction of sp³-hybridized carbons (Fsp3) is 0.348. The van der Waals surface area contributed by atoms with E-state index in [4.69, 9.17) is 0 Å². The highest BCUT2D eigenvalue weighted by molar-refractivity contribution is 7.14. The van der Waals surface area contributed by atoms with Crippen molar-refractivity contribution >= 4 is 35.1 Å². The van der Waals surface area contributed by atoms with Crippen molar-refractivity contribution in [3.63, 3.8) is 0 Å². The number of piperidine rings is 1. The lowest BCUT2D eigenvalue weighted by Gasteiger charge is -2.30. The largest absolute Gasteiger partial charge is 0.339 e. The molecule has 1 aliphatic rings. The third-order valence-electron chi connectivity index (χ3n) is 5.26. The number of hydrogen-bond acceptors (Lipinski definition) is 4. The zero-order chi connectivity index (χ0) is 21.5. The number of rotatable bonds is 5. The number of aryl methyl sites for hydroxylation is 2. The minimum Gasteiger partial charge on any atom is -0.339 e. The number of carbonyl (C=O) groups is 3. The molecule has 3 amide bonds. The summed E-state index contributed by atoms with van der Waals surface area (Å²) in [6.45, 7) is 5.08. The van der Waals surface area contributed by atoms with Crippen molar-refractivity contribution in [3.05, 3.63) is 63.4 Å². The molecule has 0 atom stereocenters. The van der Waals surface area contributed by atoms with E-state index in [9.17, 15) is 14.4 Å². The molecule has 2 heterocycles. The Hall–Kier alpha value is -2.93. The minimum atomic E-state index is -0.296. The van der Waals surface area contributed by atoms with Crippen LogP contribution in [0.25, 0.3) is 6.08 Å². The number of hydrogen-bond donors (Lipinski definition) is 2. The van der Waals surface area contributed by atoms with Gasteiger partial charge in [-0.25, -0.2) is 0 Å². The van der Waals surface area contributed by atoms with Gasteiger partial charge in [-0.3, -0.25) is 25.2 Å². The highest BCUT2D eigenvalue weighted by Crippen LogP contribution is 2.22. The molecule has 0 aliphatic carbocycles. The fourth-order valence-corrected chi connectivity index (χ4v) is 4.47. The summed E-state index contributed by atoms with van der Waals surface area (Å²) in [5, 5.41) is 0. The van der Waals surface area contributed by atoms with Gasteiger partial charge in [0.25, 0.3) is 5.91 Å². The summed E-state index contributed by atoms with van der Waals surface area (Å²) in [5.41, 5.74) is 7.12. The molecule has 30 heavy (non-hydrogen) atoms. The van der Waals surface area contributed by atoms with Gasteiger partial charge in [0.05, 0.1) is 4.88 Å². The quantitative estimate of drug-likeness (QED) is 0.570. The number of amides is 3. The van der Waals surface area contributed by atoms with Crippen LogP contribution in [0.5, 0.6) is 0 Å². The lowest BCUT2D eigenvalue weighted by molar-refractivity contribution is -0.132. The van der Waals surface area contributed by atoms with E-state index in [2.05, 4.69) is 17.8 Å². The van der Waals surface area contributed by atoms with Gasteiger partial charge in [0.15, 0.2) is 0 Å². The van der Waals surface area contributed by atoms with E-state index in [0.717, 1.165) is 17.5 Å². The summed E-state index contributed by atoms with van der Waals surface area (Å²) in [6, 6.07) is 11.5. The first-order chi connectivity index (χ1) is 14.5. The third-order valence-corrected chi connectivity index (χ3v) is 6.64. The second kappa shape index (κ2) is 10.2. The van der Waals surface area contributed by atoms with Crippen molar-refractivity contribution in [2.45, 2.75) is 33.1 Å². The smallest absolute Gasteiger partial charge is 0.279 e. The maximum absolute atomic E-state index is 12.4. The number of nitrogens with one attached hydrogen (secondary N) is 2. The van der Waals surface area contributed by atoms with E-state index in [1.54, 1.807) is 17.1 Å². The Kier molecular flexibility index (Phi) is 7.41. The number of likely N-dealkylation sites (tertiary alicyclic amines) is 1. The van der Waals surface area contributed by atoms with Crippen molar-refractivity contribution in [1.29, 1.82) is 0 Å². The Labute approximate surface area is 180 Å². The van der Waals surface area contributed by atoms with Gasteiger partial charge in [0, 0.05) is 30.0 Å². The van der Waals surface area contributed by atoms with Crippen molar-refractivity contribution in [1.82, 2.24) is 15.8 Å². The molecule has 2 aromatic rings. The molecule has 7 heteroatoms. The Morgan fingerprint density at radius 1 is 1.13 bits per heavy atom. The molecule has 0 spiro atoms. The second-order valence-electron chi connectivity index (χ2n) is 7.36. The Morgan fingerprint density at radius 3 is 2.47 bits per heavy atom. The summed E-state index contributed by atoms with van der Waals surface area (Å²) in [5.74, 6) is -0.774. The van der Waals surface area contributed by atoms with Gasteiger partial charge >= 0.3 is 0 Å². The number of benzene rings is 1. The lowest BCUT2D eigenvalue weighted by Crippen LogP contribution is -2.47. The topological polar surface area (TPSA) is 78.5 Å². The lowest BCUT2D eigenvalue weighted by atomic mass is 9.96. The molecule has 1 aliphatic heterocycles. The van der Waals surface area contributed by atoms with Crippen LogP contribution in [0.2, 0.25) is 0 Å². The van der Waals surface area contributed by atoms with Crippen LogP contribution in [0.1, 0.15) is 45.4 Å². The van der Waals surface area contributed by atoms with Gasteiger partial charge in [-0.1, -0.05) is 37.3 Å². The van der Waals surface area contributed by atoms with Crippen molar-refractivity contribution < 1.29 is 14.4 Å². The number of hydrazine groups is 1. The maximum atomic E-state index is 12.4. The number of carbonyl (C=O) groups excluding carboxylic acids is 3. The van der Waals surface area contributed by atoms with E-state index >= 15 is 0 Å². The monoisotopic (exact) mass is 425 g/mol. The molecule has 0 radical (unpaired) electrons. The third kappa shape index (κ3) is 5.57. The highest BCUT2D eigenvalue weighted by atomic mass is 32.1. The standard InChI is InChI=1S/C23H27N3O3S/c1-3-19-16(2)15-20(30-19)23(29)25-24-22(28)18-11-13-26(14-12-18)21(27)10-9-17-7-5-4-6-8-17/h4-10,15,18H,3,11-14H2,1-2H3,(H,24,28)(H,25,29)/b10-9+. The zero-order valence-corrected chi connectivity index (χ0v) is 18.1. The molecule has 0 saturated carbocycles. The van der Waals surface area contributed by atoms with Crippen LogP contribution < -0.4 is 10.9 Å². The van der Waals surface area contributed by atoms with Crippen molar-refractivity contribution in [2.24, 2.45) is 5.92 Å². The number of nitrogens with zero attached hydrogens (tertiary/aromatic N) is 1. The van der Waals surface area contributed by atoms with Crippen LogP contribution in [0.4, 0.5) is 0 Å². The van der Waals surface area contributed by atoms with Crippen molar-refractivity contribution in [3.8, 4) is 0 Å². The van der Waals surface area contributed by atoms with Crippen LogP contribution in [-0.2, 0) is 16.0 Å². The molecule has 0 unspecified atom stereocenters. The molecule has 6 nitrogen and oxygen atoms in total. The van der Waals surface area contributed by atoms with Gasteiger partial charge < -0.3 is 4.90 Å². The summed E-state index contributed by atoms with van der Waals surface area (Å²) in [7, 11) is 0. The molecule has 3 rings (SSSR count). The summed E-state index contributed by atoms with van der Waals surface area (Å²) in [4.78, 5) is 40.6. The van der Waals surface area contributed by atoms with E-state index in [1.807, 2.05) is 43.3 Å². The minimum absolute atomic E-state index is 0.0502. The van der Waals surface area contributed by atoms with Gasteiger partial charge in [0.1, 0.15) is 0 Å². The average Bonchev–Trinajstić information content (AvgIpc) is 3.17. The van der Waals surface area contributed by atoms with Gasteiger partial charge in [-0.05, 0) is 49.5 Å². The zero-order valence-electron chi connectivity index (χ0n) is 17.3. The molecule has 158 valence electrons. The summed E-state index contributed by atoms with van der Waals surface area (Å²) >= 11 is 1.45. The van der Waals surface area contributed by atoms with E-state index in [0.29, 0.717) is 30.8 Å². The Morgan fingerprint density at radius 2 is 1.83 bits per heavy atom. The maximum Gasteiger partial charge on any atom is 0.279 e. The SMILES string of the molecule is CCc1sc(C(=O)NNC(=O)C2CCN(C(=O)/C=C/c3ccccc3)CC2)cc1C. The van der Waals surface area contributed by atoms with Gasteiger partial charge in [-0.15, -0.1) is 11.3 Å². The fourth-order valence-electron chi connectivity index (χ4n) is 3.46. The predicted octanol–water partition coefficient (Wildman–Crippen LogP) is 3.33. The van der Waals surface area contributed by atoms with Gasteiger partial charge in [0.2, 0.25) is 11.8 Å². The molecule has 1 aromatic carbocycles. The Bertz CT molecular complexity index is 928. The van der Waals surface area contributed by atoms with Crippen LogP contribution in [0.15, 0.2) is 42.5 Å². The molecule has 1 saturated heterocycles. The highest BCUT2D eigenvalue weighted by Gasteiger charge is 2.27. The van der Waals surface area contributed by atoms with Crippen LogP contribution in [-0.4, -0.2) is 35.7 Å². The molecule has 1 fully saturated rings. The molecule has 2 N–H and O–H groups in total. The molecule has 1 aromatic heterocycles. The Balaban J connectivity index is 1.44. The molecular weight excluding hydrogens is 398 g/mol. The van der Waals surface area contributed by atoms with E-state index < -0.39 is 0 Å². The van der Waals surface area contributed by atoms with E-state index in [-0.39, 0.29) is 23.6 Å². The first-order valence-corrected chi connectivity index (χ1v) is 11.0. The molecule has 0 bridgehead atoms. The summed E-state index contributed by atoms with van der Waals surface area (Å²) < 4.78 is 0. The van der Waals surface area contributed by atoms with Crippen LogP contribution >= 0.6 is 11.3 Å². The van der Waals surface area contributed by atoms with Gasteiger partial charge in [-0.2, -0.15) is 0 Å². The first-order valence-electron chi connectivity index (χ1n) is 10.2. The normalized spacial score (nSPS) is 14.7.